The van der Waals surface area contributed by atoms with Crippen LogP contribution in [-0.4, -0.2) is 32.0 Å². The topological polar surface area (TPSA) is 46.2 Å². The van der Waals surface area contributed by atoms with Crippen molar-refractivity contribution in [1.82, 2.24) is 5.32 Å². The summed E-state index contributed by atoms with van der Waals surface area (Å²) >= 11 is 0. The summed E-state index contributed by atoms with van der Waals surface area (Å²) in [6.07, 6.45) is 6.74. The van der Waals surface area contributed by atoms with Crippen LogP contribution in [0.15, 0.2) is 0 Å². The summed E-state index contributed by atoms with van der Waals surface area (Å²) in [7, 11) is -2.86. The fraction of sp³-hybridized carbons (Fsp3) is 1.00. The minimum Gasteiger partial charge on any atom is -0.310 e. The molecular weight excluding hydrogens is 210 g/mol. The normalized spacial score (nSPS) is 41.5. The van der Waals surface area contributed by atoms with E-state index in [-0.39, 0.29) is 11.3 Å². The number of hydrogen-bond donors (Lipinski definition) is 1. The molecule has 0 spiro atoms. The third-order valence-corrected chi connectivity index (χ3v) is 5.49. The molecule has 2 aliphatic rings. The largest absolute Gasteiger partial charge is 0.310 e. The highest BCUT2D eigenvalue weighted by Gasteiger charge is 2.37. The van der Waals surface area contributed by atoms with Crippen molar-refractivity contribution in [2.45, 2.75) is 56.4 Å². The third kappa shape index (κ3) is 2.53. The van der Waals surface area contributed by atoms with Gasteiger partial charge in [0.25, 0.3) is 0 Å². The lowest BCUT2D eigenvalue weighted by atomic mass is 9.81. The van der Waals surface area contributed by atoms with Gasteiger partial charge in [0, 0.05) is 18.3 Å². The molecule has 2 unspecified atom stereocenters. The molecule has 0 saturated heterocycles. The Morgan fingerprint density at radius 2 is 1.87 bits per heavy atom. The summed E-state index contributed by atoms with van der Waals surface area (Å²) in [5.41, 5.74) is 0. The van der Waals surface area contributed by atoms with Crippen LogP contribution in [0.1, 0.15) is 39.0 Å². The Bertz CT molecular complexity index is 319. The molecule has 0 aromatic rings. The van der Waals surface area contributed by atoms with E-state index in [9.17, 15) is 8.42 Å². The molecule has 2 saturated carbocycles. The summed E-state index contributed by atoms with van der Waals surface area (Å²) in [6, 6.07) is 0.796. The molecule has 3 nitrogen and oxygen atoms in total. The van der Waals surface area contributed by atoms with E-state index in [1.807, 2.05) is 0 Å². The SMILES string of the molecule is CC1CC(NC2CCCC2S(C)(=O)=O)C1. The van der Waals surface area contributed by atoms with Crippen molar-refractivity contribution < 1.29 is 8.42 Å². The van der Waals surface area contributed by atoms with Crippen molar-refractivity contribution in [2.75, 3.05) is 6.26 Å². The van der Waals surface area contributed by atoms with Gasteiger partial charge in [-0.1, -0.05) is 13.3 Å². The van der Waals surface area contributed by atoms with Gasteiger partial charge in [0.2, 0.25) is 0 Å². The molecule has 0 radical (unpaired) electrons. The number of rotatable bonds is 3. The highest BCUT2D eigenvalue weighted by atomic mass is 32.2. The highest BCUT2D eigenvalue weighted by Crippen LogP contribution is 2.31. The average molecular weight is 231 g/mol. The van der Waals surface area contributed by atoms with Gasteiger partial charge in [-0.25, -0.2) is 8.42 Å². The molecule has 0 aliphatic heterocycles. The average Bonchev–Trinajstić information content (AvgIpc) is 2.48. The lowest BCUT2D eigenvalue weighted by molar-refractivity contribution is 0.223. The van der Waals surface area contributed by atoms with E-state index >= 15 is 0 Å². The zero-order valence-corrected chi connectivity index (χ0v) is 10.4. The maximum absolute atomic E-state index is 11.6. The minimum absolute atomic E-state index is 0.131. The first-order chi connectivity index (χ1) is 6.97. The summed E-state index contributed by atoms with van der Waals surface area (Å²) in [4.78, 5) is 0. The zero-order chi connectivity index (χ0) is 11.1. The summed E-state index contributed by atoms with van der Waals surface area (Å²) < 4.78 is 23.1. The second kappa shape index (κ2) is 4.06. The first kappa shape index (κ1) is 11.4. The first-order valence-electron chi connectivity index (χ1n) is 5.91. The van der Waals surface area contributed by atoms with Crippen molar-refractivity contribution >= 4 is 9.84 Å². The van der Waals surface area contributed by atoms with Crippen molar-refractivity contribution in [3.05, 3.63) is 0 Å². The van der Waals surface area contributed by atoms with Crippen LogP contribution < -0.4 is 5.32 Å². The lowest BCUT2D eigenvalue weighted by Gasteiger charge is -2.36. The van der Waals surface area contributed by atoms with Crippen LogP contribution in [0.5, 0.6) is 0 Å². The number of sulfone groups is 1. The standard InChI is InChI=1S/C11H21NO2S/c1-8-6-9(7-8)12-10-4-3-5-11(10)15(2,13)14/h8-12H,3-7H2,1-2H3. The summed E-state index contributed by atoms with van der Waals surface area (Å²) in [5, 5.41) is 3.39. The molecule has 0 heterocycles. The minimum atomic E-state index is -2.86. The third-order valence-electron chi connectivity index (χ3n) is 3.83. The smallest absolute Gasteiger partial charge is 0.151 e. The van der Waals surface area contributed by atoms with Crippen LogP contribution in [0.3, 0.4) is 0 Å². The van der Waals surface area contributed by atoms with Crippen molar-refractivity contribution in [3.63, 3.8) is 0 Å². The molecule has 2 atom stereocenters. The maximum atomic E-state index is 11.6. The molecule has 0 aromatic carbocycles. The van der Waals surface area contributed by atoms with E-state index in [1.165, 1.54) is 19.1 Å². The molecule has 88 valence electrons. The van der Waals surface area contributed by atoms with Gasteiger partial charge in [-0.2, -0.15) is 0 Å². The molecule has 0 bridgehead atoms. The van der Waals surface area contributed by atoms with Crippen molar-refractivity contribution in [3.8, 4) is 0 Å². The van der Waals surface area contributed by atoms with E-state index in [2.05, 4.69) is 12.2 Å². The Labute approximate surface area is 92.6 Å². The molecule has 2 aliphatic carbocycles. The molecule has 2 fully saturated rings. The number of hydrogen-bond acceptors (Lipinski definition) is 3. The van der Waals surface area contributed by atoms with Gasteiger partial charge in [0.15, 0.2) is 9.84 Å². The molecule has 4 heteroatoms. The predicted molar refractivity (Wildman–Crippen MR) is 61.6 cm³/mol. The second-order valence-corrected chi connectivity index (χ2v) is 7.61. The van der Waals surface area contributed by atoms with Gasteiger partial charge < -0.3 is 5.32 Å². The number of nitrogens with one attached hydrogen (secondary N) is 1. The lowest BCUT2D eigenvalue weighted by Crippen LogP contribution is -2.49. The predicted octanol–water partition coefficient (Wildman–Crippen LogP) is 1.34. The summed E-state index contributed by atoms with van der Waals surface area (Å²) in [5.74, 6) is 0.820. The second-order valence-electron chi connectivity index (χ2n) is 5.35. The van der Waals surface area contributed by atoms with Crippen LogP contribution in [0.25, 0.3) is 0 Å². The summed E-state index contributed by atoms with van der Waals surface area (Å²) in [6.45, 7) is 2.25. The fourth-order valence-corrected chi connectivity index (χ4v) is 4.38. The Morgan fingerprint density at radius 3 is 2.40 bits per heavy atom. The molecule has 0 amide bonds. The van der Waals surface area contributed by atoms with E-state index in [0.717, 1.165) is 25.2 Å². The van der Waals surface area contributed by atoms with E-state index in [1.54, 1.807) is 0 Å². The van der Waals surface area contributed by atoms with Crippen LogP contribution in [0.4, 0.5) is 0 Å². The Balaban J connectivity index is 1.91. The van der Waals surface area contributed by atoms with Gasteiger partial charge >= 0.3 is 0 Å². The van der Waals surface area contributed by atoms with Crippen LogP contribution >= 0.6 is 0 Å². The Kier molecular flexibility index (Phi) is 3.08. The van der Waals surface area contributed by atoms with Gasteiger partial charge in [-0.15, -0.1) is 0 Å². The maximum Gasteiger partial charge on any atom is 0.151 e. The molecular formula is C11H21NO2S. The monoisotopic (exact) mass is 231 g/mol. The van der Waals surface area contributed by atoms with E-state index in [0.29, 0.717) is 6.04 Å². The van der Waals surface area contributed by atoms with E-state index in [4.69, 9.17) is 0 Å². The molecule has 15 heavy (non-hydrogen) atoms. The van der Waals surface area contributed by atoms with Crippen LogP contribution in [-0.2, 0) is 9.84 Å². The Hall–Kier alpha value is -0.0900. The van der Waals surface area contributed by atoms with Crippen LogP contribution in [0.2, 0.25) is 0 Å². The first-order valence-corrected chi connectivity index (χ1v) is 7.87. The van der Waals surface area contributed by atoms with Gasteiger partial charge in [0.1, 0.15) is 0 Å². The fourth-order valence-electron chi connectivity index (χ4n) is 2.97. The van der Waals surface area contributed by atoms with Gasteiger partial charge in [0.05, 0.1) is 5.25 Å². The van der Waals surface area contributed by atoms with Gasteiger partial charge in [-0.05, 0) is 31.6 Å². The quantitative estimate of drug-likeness (QED) is 0.797. The van der Waals surface area contributed by atoms with E-state index < -0.39 is 9.84 Å². The van der Waals surface area contributed by atoms with Crippen molar-refractivity contribution in [2.24, 2.45) is 5.92 Å². The van der Waals surface area contributed by atoms with Crippen LogP contribution in [0, 0.1) is 5.92 Å². The Morgan fingerprint density at radius 1 is 1.20 bits per heavy atom. The molecule has 1 N–H and O–H groups in total. The van der Waals surface area contributed by atoms with Crippen molar-refractivity contribution in [1.29, 1.82) is 0 Å². The van der Waals surface area contributed by atoms with Gasteiger partial charge in [-0.3, -0.25) is 0 Å². The zero-order valence-electron chi connectivity index (χ0n) is 9.57. The highest BCUT2D eigenvalue weighted by molar-refractivity contribution is 7.91. The molecule has 0 aromatic heterocycles. The molecule has 2 rings (SSSR count).